The predicted octanol–water partition coefficient (Wildman–Crippen LogP) is 4.32. The molecule has 0 unspecified atom stereocenters. The molecule has 9 heteroatoms. The molecule has 1 aliphatic heterocycles. The molecule has 1 aliphatic rings. The molecule has 0 atom stereocenters. The Morgan fingerprint density at radius 3 is 2.80 bits per heavy atom. The van der Waals surface area contributed by atoms with Gasteiger partial charge in [0, 0.05) is 33.8 Å². The molecule has 2 aromatic carbocycles. The summed E-state index contributed by atoms with van der Waals surface area (Å²) in [5.74, 6) is -0.359. The van der Waals surface area contributed by atoms with Gasteiger partial charge < -0.3 is 14.8 Å². The van der Waals surface area contributed by atoms with Crippen LogP contribution in [-0.2, 0) is 16.1 Å². The van der Waals surface area contributed by atoms with Crippen molar-refractivity contribution in [2.45, 2.75) is 13.5 Å². The van der Waals surface area contributed by atoms with Crippen molar-refractivity contribution in [1.29, 1.82) is 0 Å². The maximum absolute atomic E-state index is 12.4. The Morgan fingerprint density at radius 2 is 2.03 bits per heavy atom. The normalized spacial score (nSPS) is 11.6. The summed E-state index contributed by atoms with van der Waals surface area (Å²) in [5, 5.41) is 13.4. The lowest BCUT2D eigenvalue weighted by Crippen LogP contribution is -2.21. The number of nitro benzene ring substituents is 1. The third-order valence-electron chi connectivity index (χ3n) is 4.55. The van der Waals surface area contributed by atoms with Crippen LogP contribution in [0.15, 0.2) is 48.5 Å². The van der Waals surface area contributed by atoms with Crippen molar-refractivity contribution >= 4 is 34.6 Å². The van der Waals surface area contributed by atoms with E-state index in [-0.39, 0.29) is 5.69 Å². The van der Waals surface area contributed by atoms with Crippen molar-refractivity contribution < 1.29 is 24.0 Å². The van der Waals surface area contributed by atoms with Crippen molar-refractivity contribution in [2.75, 3.05) is 11.9 Å². The Labute approximate surface area is 175 Å². The molecule has 0 saturated carbocycles. The van der Waals surface area contributed by atoms with Gasteiger partial charge in [0.2, 0.25) is 0 Å². The number of rotatable bonds is 5. The van der Waals surface area contributed by atoms with Gasteiger partial charge >= 0.3 is 5.97 Å². The first kappa shape index (κ1) is 19.6. The van der Waals surface area contributed by atoms with Crippen LogP contribution in [-0.4, -0.2) is 23.4 Å². The molecule has 30 heavy (non-hydrogen) atoms. The number of para-hydroxylation sites is 1. The lowest BCUT2D eigenvalue weighted by atomic mass is 10.1. The highest BCUT2D eigenvalue weighted by Gasteiger charge is 2.23. The summed E-state index contributed by atoms with van der Waals surface area (Å²) in [6, 6.07) is 13.4. The average molecular weight is 424 g/mol. The Morgan fingerprint density at radius 1 is 1.23 bits per heavy atom. The van der Waals surface area contributed by atoms with Gasteiger partial charge in [-0.2, -0.15) is 0 Å². The number of aryl methyl sites for hydroxylation is 1. The summed E-state index contributed by atoms with van der Waals surface area (Å²) in [7, 11) is 0. The minimum atomic E-state index is -0.595. The maximum atomic E-state index is 12.4. The van der Waals surface area contributed by atoms with Crippen LogP contribution in [0.3, 0.4) is 0 Å². The topological polar surface area (TPSA) is 108 Å². The molecular formula is C21H16N2O6S. The lowest BCUT2D eigenvalue weighted by molar-refractivity contribution is -0.384. The molecule has 1 aromatic heterocycles. The van der Waals surface area contributed by atoms with Crippen LogP contribution in [0.5, 0.6) is 5.75 Å². The van der Waals surface area contributed by atoms with E-state index >= 15 is 0 Å². The number of hydrogen-bond donors (Lipinski definition) is 1. The van der Waals surface area contributed by atoms with Gasteiger partial charge in [0.05, 0.1) is 4.92 Å². The quantitative estimate of drug-likeness (QED) is 0.371. The zero-order valence-corrected chi connectivity index (χ0v) is 16.7. The van der Waals surface area contributed by atoms with Crippen molar-refractivity contribution in [3.8, 4) is 16.2 Å². The second kappa shape index (κ2) is 7.96. The van der Waals surface area contributed by atoms with E-state index in [4.69, 9.17) is 9.47 Å². The summed E-state index contributed by atoms with van der Waals surface area (Å²) in [4.78, 5) is 36.2. The number of ether oxygens (including phenoxy) is 2. The number of amides is 1. The third kappa shape index (κ3) is 3.87. The standard InChI is InChI=1S/C21H16N2O6S/c1-12-8-14(23(26)27)6-7-16(12)22-19(24)11-29-21(25)18-9-13-10-28-17-5-3-2-4-15(17)20(13)30-18/h2-9H,10-11H2,1H3,(H,22,24). The zero-order chi connectivity index (χ0) is 21.3. The molecule has 0 spiro atoms. The van der Waals surface area contributed by atoms with Crippen molar-refractivity contribution in [2.24, 2.45) is 0 Å². The van der Waals surface area contributed by atoms with Gasteiger partial charge in [0.15, 0.2) is 6.61 Å². The van der Waals surface area contributed by atoms with Gasteiger partial charge in [-0.05, 0) is 36.8 Å². The number of carbonyl (C=O) groups is 2. The number of nitro groups is 1. The fraction of sp³-hybridized carbons (Fsp3) is 0.143. The van der Waals surface area contributed by atoms with Gasteiger partial charge in [0.1, 0.15) is 17.2 Å². The Balaban J connectivity index is 1.39. The van der Waals surface area contributed by atoms with Crippen LogP contribution in [0.2, 0.25) is 0 Å². The highest BCUT2D eigenvalue weighted by Crippen LogP contribution is 2.42. The van der Waals surface area contributed by atoms with Gasteiger partial charge in [-0.25, -0.2) is 4.79 Å². The second-order valence-electron chi connectivity index (χ2n) is 6.63. The summed E-state index contributed by atoms with van der Waals surface area (Å²) < 4.78 is 10.8. The van der Waals surface area contributed by atoms with Crippen molar-refractivity contribution in [3.63, 3.8) is 0 Å². The van der Waals surface area contributed by atoms with Gasteiger partial charge in [-0.1, -0.05) is 12.1 Å². The van der Waals surface area contributed by atoms with E-state index in [9.17, 15) is 19.7 Å². The minimum absolute atomic E-state index is 0.0656. The SMILES string of the molecule is Cc1cc([N+](=O)[O-])ccc1NC(=O)COC(=O)c1cc2c(s1)-c1ccccc1OC2. The first-order valence-corrected chi connectivity index (χ1v) is 9.81. The van der Waals surface area contributed by atoms with E-state index in [1.54, 1.807) is 13.0 Å². The molecule has 0 aliphatic carbocycles. The van der Waals surface area contributed by atoms with Crippen LogP contribution in [0.1, 0.15) is 20.8 Å². The number of hydrogen-bond acceptors (Lipinski definition) is 7. The summed E-state index contributed by atoms with van der Waals surface area (Å²) in [5.41, 5.74) is 2.71. The van der Waals surface area contributed by atoms with E-state index in [2.05, 4.69) is 5.32 Å². The number of thiophene rings is 1. The summed E-state index contributed by atoms with van der Waals surface area (Å²) in [6.45, 7) is 1.55. The third-order valence-corrected chi connectivity index (χ3v) is 5.74. The highest BCUT2D eigenvalue weighted by atomic mass is 32.1. The van der Waals surface area contributed by atoms with E-state index in [1.165, 1.54) is 29.5 Å². The number of anilines is 1. The molecule has 1 N–H and O–H groups in total. The number of carbonyl (C=O) groups excluding carboxylic acids is 2. The molecule has 2 heterocycles. The molecule has 0 saturated heterocycles. The van der Waals surface area contributed by atoms with Crippen molar-refractivity contribution in [1.82, 2.24) is 0 Å². The number of nitrogens with zero attached hydrogens (tertiary/aromatic N) is 1. The minimum Gasteiger partial charge on any atom is -0.488 e. The van der Waals surface area contributed by atoms with Gasteiger partial charge in [0.25, 0.3) is 11.6 Å². The highest BCUT2D eigenvalue weighted by molar-refractivity contribution is 7.17. The lowest BCUT2D eigenvalue weighted by Gasteiger charge is -2.16. The molecule has 0 fully saturated rings. The van der Waals surface area contributed by atoms with E-state index in [0.717, 1.165) is 21.8 Å². The van der Waals surface area contributed by atoms with Crippen LogP contribution in [0.25, 0.3) is 10.4 Å². The molecule has 152 valence electrons. The first-order valence-electron chi connectivity index (χ1n) is 8.99. The molecule has 1 amide bonds. The number of esters is 1. The smallest absolute Gasteiger partial charge is 0.348 e. The van der Waals surface area contributed by atoms with E-state index < -0.39 is 23.4 Å². The second-order valence-corrected chi connectivity index (χ2v) is 7.68. The fourth-order valence-electron chi connectivity index (χ4n) is 3.09. The number of non-ortho nitro benzene ring substituents is 1. The van der Waals surface area contributed by atoms with Crippen molar-refractivity contribution in [3.05, 3.63) is 74.6 Å². The van der Waals surface area contributed by atoms with Crippen LogP contribution < -0.4 is 10.1 Å². The number of benzene rings is 2. The number of fused-ring (bicyclic) bond motifs is 3. The first-order chi connectivity index (χ1) is 14.4. The molecular weight excluding hydrogens is 408 g/mol. The Hall–Kier alpha value is -3.72. The van der Waals surface area contributed by atoms with Gasteiger partial charge in [-0.3, -0.25) is 14.9 Å². The average Bonchev–Trinajstić information content (AvgIpc) is 3.18. The van der Waals surface area contributed by atoms with Crippen LogP contribution in [0, 0.1) is 17.0 Å². The Bertz CT molecular complexity index is 1170. The molecule has 8 nitrogen and oxygen atoms in total. The van der Waals surface area contributed by atoms with Crippen LogP contribution in [0.4, 0.5) is 11.4 Å². The fourth-order valence-corrected chi connectivity index (χ4v) is 4.18. The molecule has 0 radical (unpaired) electrons. The monoisotopic (exact) mass is 424 g/mol. The zero-order valence-electron chi connectivity index (χ0n) is 15.8. The summed E-state index contributed by atoms with van der Waals surface area (Å²) in [6.07, 6.45) is 0. The van der Waals surface area contributed by atoms with E-state index in [0.29, 0.717) is 22.7 Å². The summed E-state index contributed by atoms with van der Waals surface area (Å²) >= 11 is 1.30. The number of nitrogens with one attached hydrogen (secondary N) is 1. The van der Waals surface area contributed by atoms with Crippen LogP contribution >= 0.6 is 11.3 Å². The molecule has 0 bridgehead atoms. The molecule has 4 rings (SSSR count). The van der Waals surface area contributed by atoms with E-state index in [1.807, 2.05) is 24.3 Å². The van der Waals surface area contributed by atoms with Gasteiger partial charge in [-0.15, -0.1) is 11.3 Å². The predicted molar refractivity (Wildman–Crippen MR) is 111 cm³/mol. The largest absolute Gasteiger partial charge is 0.488 e. The maximum Gasteiger partial charge on any atom is 0.348 e. The Kier molecular flexibility index (Phi) is 5.20. The molecule has 3 aromatic rings.